The number of hydrogen-bond acceptors (Lipinski definition) is 6. The molecule has 0 fully saturated rings. The third-order valence-electron chi connectivity index (χ3n) is 5.50. The maximum atomic E-state index is 10.7. The molecule has 0 aromatic heterocycles. The summed E-state index contributed by atoms with van der Waals surface area (Å²) in [7, 11) is 1.66. The quantitative estimate of drug-likeness (QED) is 0.480. The Hall–Kier alpha value is -3.35. The molecular formula is C27H30N2O4. The van der Waals surface area contributed by atoms with Gasteiger partial charge < -0.3 is 19.4 Å². The zero-order valence-electron chi connectivity index (χ0n) is 18.8. The van der Waals surface area contributed by atoms with Gasteiger partial charge in [-0.3, -0.25) is 4.90 Å². The Morgan fingerprint density at radius 1 is 1.00 bits per heavy atom. The molecule has 0 saturated heterocycles. The van der Waals surface area contributed by atoms with Crippen LogP contribution < -0.4 is 9.47 Å². The summed E-state index contributed by atoms with van der Waals surface area (Å²) in [6, 6.07) is 27.6. The van der Waals surface area contributed by atoms with Crippen LogP contribution >= 0.6 is 0 Å². The van der Waals surface area contributed by atoms with E-state index in [2.05, 4.69) is 16.1 Å². The molecule has 4 rings (SSSR count). The highest BCUT2D eigenvalue weighted by Gasteiger charge is 2.26. The Morgan fingerprint density at radius 2 is 1.73 bits per heavy atom. The number of hydrogen-bond donors (Lipinski definition) is 1. The molecule has 0 amide bonds. The van der Waals surface area contributed by atoms with E-state index in [1.54, 1.807) is 7.11 Å². The van der Waals surface area contributed by atoms with Crippen LogP contribution in [0.2, 0.25) is 0 Å². The van der Waals surface area contributed by atoms with Crippen LogP contribution in [0.25, 0.3) is 0 Å². The normalized spacial score (nSPS) is 16.2. The summed E-state index contributed by atoms with van der Waals surface area (Å²) in [5.74, 6) is 1.56. The van der Waals surface area contributed by atoms with Crippen molar-refractivity contribution >= 4 is 5.71 Å². The summed E-state index contributed by atoms with van der Waals surface area (Å²) in [4.78, 5) is 7.94. The number of aliphatic hydroxyl groups is 1. The first-order valence-corrected chi connectivity index (χ1v) is 11.2. The van der Waals surface area contributed by atoms with Crippen LogP contribution in [0.3, 0.4) is 0 Å². The van der Waals surface area contributed by atoms with Gasteiger partial charge in [0.05, 0.1) is 12.8 Å². The van der Waals surface area contributed by atoms with Gasteiger partial charge in [-0.15, -0.1) is 0 Å². The molecular weight excluding hydrogens is 416 g/mol. The van der Waals surface area contributed by atoms with E-state index in [9.17, 15) is 5.11 Å². The number of para-hydroxylation sites is 1. The predicted octanol–water partition coefficient (Wildman–Crippen LogP) is 4.13. The number of aliphatic hydroxyl groups excluding tert-OH is 1. The molecule has 33 heavy (non-hydrogen) atoms. The molecule has 0 aliphatic carbocycles. The fourth-order valence-electron chi connectivity index (χ4n) is 3.91. The molecule has 3 aromatic carbocycles. The minimum absolute atomic E-state index is 0.0759. The molecule has 2 atom stereocenters. The summed E-state index contributed by atoms with van der Waals surface area (Å²) in [5, 5.41) is 15.0. The Labute approximate surface area is 195 Å². The Kier molecular flexibility index (Phi) is 7.95. The zero-order chi connectivity index (χ0) is 22.9. The van der Waals surface area contributed by atoms with Crippen LogP contribution in [-0.2, 0) is 11.4 Å². The van der Waals surface area contributed by atoms with E-state index in [1.165, 1.54) is 0 Å². The largest absolute Gasteiger partial charge is 0.497 e. The molecule has 1 N–H and O–H groups in total. The van der Waals surface area contributed by atoms with Gasteiger partial charge in [-0.25, -0.2) is 0 Å². The number of ether oxygens (including phenoxy) is 2. The predicted molar refractivity (Wildman–Crippen MR) is 129 cm³/mol. The van der Waals surface area contributed by atoms with E-state index in [0.29, 0.717) is 19.6 Å². The van der Waals surface area contributed by atoms with Crippen LogP contribution in [0.5, 0.6) is 11.5 Å². The number of benzene rings is 3. The lowest BCUT2D eigenvalue weighted by molar-refractivity contribution is 0.0213. The van der Waals surface area contributed by atoms with Gasteiger partial charge in [-0.05, 0) is 35.4 Å². The smallest absolute Gasteiger partial charge is 0.145 e. The maximum absolute atomic E-state index is 10.7. The lowest BCUT2D eigenvalue weighted by Crippen LogP contribution is -2.39. The van der Waals surface area contributed by atoms with Crippen molar-refractivity contribution in [3.63, 3.8) is 0 Å². The van der Waals surface area contributed by atoms with Gasteiger partial charge >= 0.3 is 0 Å². The molecule has 0 radical (unpaired) electrons. The van der Waals surface area contributed by atoms with E-state index in [-0.39, 0.29) is 12.7 Å². The summed E-state index contributed by atoms with van der Waals surface area (Å²) in [5.41, 5.74) is 3.14. The van der Waals surface area contributed by atoms with Crippen molar-refractivity contribution in [1.82, 2.24) is 4.90 Å². The van der Waals surface area contributed by atoms with Crippen molar-refractivity contribution in [3.05, 3.63) is 96.1 Å². The second-order valence-electron chi connectivity index (χ2n) is 8.16. The summed E-state index contributed by atoms with van der Waals surface area (Å²) < 4.78 is 11.1. The van der Waals surface area contributed by atoms with Crippen molar-refractivity contribution < 1.29 is 19.4 Å². The van der Waals surface area contributed by atoms with Crippen molar-refractivity contribution in [2.24, 2.45) is 5.16 Å². The first-order valence-electron chi connectivity index (χ1n) is 11.2. The van der Waals surface area contributed by atoms with E-state index in [1.807, 2.05) is 78.9 Å². The number of rotatable bonds is 11. The van der Waals surface area contributed by atoms with Gasteiger partial charge in [-0.1, -0.05) is 65.8 Å². The second kappa shape index (κ2) is 11.5. The molecule has 6 heteroatoms. The van der Waals surface area contributed by atoms with E-state index >= 15 is 0 Å². The third kappa shape index (κ3) is 6.81. The first kappa shape index (κ1) is 22.8. The second-order valence-corrected chi connectivity index (χ2v) is 8.16. The Balaban J connectivity index is 1.38. The van der Waals surface area contributed by atoms with Gasteiger partial charge in [-0.2, -0.15) is 0 Å². The fraction of sp³-hybridized carbons (Fsp3) is 0.296. The highest BCUT2D eigenvalue weighted by atomic mass is 16.6. The Morgan fingerprint density at radius 3 is 2.48 bits per heavy atom. The molecule has 1 aliphatic rings. The van der Waals surface area contributed by atoms with Crippen molar-refractivity contribution in [2.75, 3.05) is 26.8 Å². The zero-order valence-corrected chi connectivity index (χ0v) is 18.8. The molecule has 1 heterocycles. The van der Waals surface area contributed by atoms with Crippen LogP contribution in [0.15, 0.2) is 90.1 Å². The standard InChI is InChI=1S/C27H30N2O4/c1-31-25-14-8-9-21(15-25)17-29(18-23(30)20-32-24-12-6-3-7-13-24)19-26-16-27(28-33-26)22-10-4-2-5-11-22/h2-15,23,26,30H,16-20H2,1H3/t23-,26-/m0/s1. The van der Waals surface area contributed by atoms with E-state index < -0.39 is 6.10 Å². The van der Waals surface area contributed by atoms with E-state index in [0.717, 1.165) is 34.8 Å². The number of methoxy groups -OCH3 is 1. The summed E-state index contributed by atoms with van der Waals surface area (Å²) in [6.07, 6.45) is 0.00896. The fourth-order valence-corrected chi connectivity index (χ4v) is 3.91. The molecule has 0 bridgehead atoms. The highest BCUT2D eigenvalue weighted by molar-refractivity contribution is 6.01. The lowest BCUT2D eigenvalue weighted by atomic mass is 10.0. The third-order valence-corrected chi connectivity index (χ3v) is 5.50. The number of oxime groups is 1. The average molecular weight is 447 g/mol. The summed E-state index contributed by atoms with van der Waals surface area (Å²) in [6.45, 7) is 1.96. The van der Waals surface area contributed by atoms with Crippen LogP contribution in [0.1, 0.15) is 17.5 Å². The molecule has 0 unspecified atom stereocenters. The Bertz CT molecular complexity index is 1030. The topological polar surface area (TPSA) is 63.5 Å². The molecule has 0 spiro atoms. The molecule has 0 saturated carbocycles. The minimum Gasteiger partial charge on any atom is -0.497 e. The minimum atomic E-state index is -0.647. The van der Waals surface area contributed by atoms with Gasteiger partial charge in [0.1, 0.15) is 30.3 Å². The summed E-state index contributed by atoms with van der Waals surface area (Å²) >= 11 is 0. The lowest BCUT2D eigenvalue weighted by Gasteiger charge is -2.27. The van der Waals surface area contributed by atoms with Gasteiger partial charge in [0.2, 0.25) is 0 Å². The van der Waals surface area contributed by atoms with Crippen molar-refractivity contribution in [3.8, 4) is 11.5 Å². The maximum Gasteiger partial charge on any atom is 0.145 e. The SMILES string of the molecule is COc1cccc(CN(C[C@H](O)COc2ccccc2)C[C@@H]2CC(c3ccccc3)=NO2)c1. The molecule has 6 nitrogen and oxygen atoms in total. The van der Waals surface area contributed by atoms with Gasteiger partial charge in [0, 0.05) is 26.1 Å². The number of nitrogens with zero attached hydrogens (tertiary/aromatic N) is 2. The molecule has 1 aliphatic heterocycles. The average Bonchev–Trinajstić information content (AvgIpc) is 3.32. The van der Waals surface area contributed by atoms with Crippen LogP contribution in [0.4, 0.5) is 0 Å². The van der Waals surface area contributed by atoms with Crippen molar-refractivity contribution in [1.29, 1.82) is 0 Å². The monoisotopic (exact) mass is 446 g/mol. The van der Waals surface area contributed by atoms with Gasteiger partial charge in [0.25, 0.3) is 0 Å². The highest BCUT2D eigenvalue weighted by Crippen LogP contribution is 2.20. The van der Waals surface area contributed by atoms with Crippen molar-refractivity contribution in [2.45, 2.75) is 25.2 Å². The van der Waals surface area contributed by atoms with Crippen LogP contribution in [0, 0.1) is 0 Å². The van der Waals surface area contributed by atoms with E-state index in [4.69, 9.17) is 14.3 Å². The van der Waals surface area contributed by atoms with Gasteiger partial charge in [0.15, 0.2) is 0 Å². The molecule has 172 valence electrons. The molecule has 3 aromatic rings. The first-order chi connectivity index (χ1) is 16.2. The van der Waals surface area contributed by atoms with Crippen LogP contribution in [-0.4, -0.2) is 54.7 Å².